The maximum absolute atomic E-state index is 13.1. The zero-order chi connectivity index (χ0) is 41.7. The number of ketones is 1. The fourth-order valence-corrected chi connectivity index (χ4v) is 8.21. The van der Waals surface area contributed by atoms with Crippen molar-refractivity contribution in [3.05, 3.63) is 0 Å². The second-order valence-electron chi connectivity index (χ2n) is 16.1. The average molecular weight is 824 g/mol. The molecule has 2 aliphatic carbocycles. The maximum Gasteiger partial charge on any atom is 0.187 e. The van der Waals surface area contributed by atoms with Gasteiger partial charge in [0.25, 0.3) is 0 Å². The summed E-state index contributed by atoms with van der Waals surface area (Å²) >= 11 is 0. The van der Waals surface area contributed by atoms with Crippen LogP contribution < -0.4 is 45.5 Å². The van der Waals surface area contributed by atoms with Gasteiger partial charge in [-0.15, -0.1) is 0 Å². The van der Waals surface area contributed by atoms with Crippen LogP contribution in [0.25, 0.3) is 0 Å². The minimum atomic E-state index is -1.68. The number of aliphatic hydroxyl groups is 7. The van der Waals surface area contributed by atoms with Gasteiger partial charge in [0.2, 0.25) is 0 Å². The lowest BCUT2D eigenvalue weighted by Gasteiger charge is -2.47. The van der Waals surface area contributed by atoms with Crippen LogP contribution in [-0.4, -0.2) is 197 Å². The van der Waals surface area contributed by atoms with Gasteiger partial charge in [0.15, 0.2) is 30.6 Å². The van der Waals surface area contributed by atoms with Crippen LogP contribution in [0.2, 0.25) is 0 Å². The Morgan fingerprint density at radius 3 is 2.05 bits per heavy atom. The maximum atomic E-state index is 13.1. The molecule has 23 nitrogen and oxygen atoms in total. The Hall–Kier alpha value is -1.82. The number of hydrogen-bond donors (Lipinski definition) is 15. The van der Waals surface area contributed by atoms with Gasteiger partial charge < -0.3 is 110 Å². The van der Waals surface area contributed by atoms with Gasteiger partial charge in [0, 0.05) is 44.6 Å². The summed E-state index contributed by atoms with van der Waals surface area (Å²) in [5.41, 5.74) is 41.4. The lowest BCUT2D eigenvalue weighted by molar-refractivity contribution is -0.299. The van der Waals surface area contributed by atoms with Crippen LogP contribution in [-0.2, 0) is 33.2 Å². The Morgan fingerprint density at radius 2 is 1.40 bits per heavy atom. The molecule has 5 fully saturated rings. The Kier molecular flexibility index (Phi) is 16.7. The van der Waals surface area contributed by atoms with Crippen LogP contribution >= 0.6 is 0 Å². The number of Topliss-reactive ketones (excluding diaryl/α,β-unsaturated/α-hetero) is 1. The lowest BCUT2D eigenvalue weighted by atomic mass is 9.76. The van der Waals surface area contributed by atoms with Gasteiger partial charge in [-0.1, -0.05) is 0 Å². The first-order valence-electron chi connectivity index (χ1n) is 19.7. The minimum absolute atomic E-state index is 0.0133. The van der Waals surface area contributed by atoms with Crippen LogP contribution in [0.3, 0.4) is 0 Å². The highest BCUT2D eigenvalue weighted by Gasteiger charge is 2.54. The summed E-state index contributed by atoms with van der Waals surface area (Å²) in [5.74, 6) is -1.28. The normalized spacial score (nSPS) is 45.6. The summed E-state index contributed by atoms with van der Waals surface area (Å²) < 4.78 is 36.2. The number of carbonyl (C=O) groups excluding carboxylic acids is 1. The molecule has 330 valence electrons. The summed E-state index contributed by atoms with van der Waals surface area (Å²) in [6.07, 6.45) is -18.1. The van der Waals surface area contributed by atoms with Crippen molar-refractivity contribution in [2.24, 2.45) is 57.0 Å². The highest BCUT2D eigenvalue weighted by molar-refractivity contribution is 5.83. The number of hydrogen-bond acceptors (Lipinski definition) is 21. The summed E-state index contributed by atoms with van der Waals surface area (Å²) in [7, 11) is 0. The quantitative estimate of drug-likeness (QED) is 0.0451. The van der Waals surface area contributed by atoms with Crippen molar-refractivity contribution in [1.29, 1.82) is 0 Å². The molecule has 0 amide bonds. The third-order valence-electron chi connectivity index (χ3n) is 11.6. The first-order chi connectivity index (χ1) is 27.0. The van der Waals surface area contributed by atoms with E-state index in [1.165, 1.54) is 0 Å². The van der Waals surface area contributed by atoms with E-state index in [1.807, 2.05) is 0 Å². The molecule has 23 heteroatoms. The molecule has 57 heavy (non-hydrogen) atoms. The summed E-state index contributed by atoms with van der Waals surface area (Å²) in [6, 6.07) is -2.87. The standard InChI is InChI=1S/C34H65N9O14/c35-8-20-25(49)26(50)23(39)32(52-20)56-29-22(11-44)54-33(27(29)51)57-30-24(48)13(6-18(46)17(45)1-2-43-34(40)41)5-15(37)28(30)55-31-16(38)7-19(47)21(53-31)10-42-9-12-3-14(36)4-12/h12-17,19-33,42,44-45,47-51H,1-11,35-39H2,(H4,40,41,43)/t12?,13-,14?,15-,16+,17-,19-,20-,21+,22+,23+,24-,25+,26+,27+,28+,29+,30+,31+,32+,33-/m0/s1. The average Bonchev–Trinajstić information content (AvgIpc) is 3.45. The molecular formula is C34H65N9O14. The van der Waals surface area contributed by atoms with Crippen molar-refractivity contribution in [2.45, 2.75) is 155 Å². The predicted molar refractivity (Wildman–Crippen MR) is 198 cm³/mol. The summed E-state index contributed by atoms with van der Waals surface area (Å²) in [4.78, 5) is 16.9. The number of nitrogens with one attached hydrogen (secondary N) is 1. The predicted octanol–water partition coefficient (Wildman–Crippen LogP) is -8.23. The number of guanidine groups is 1. The number of aliphatic imine (C=N–C) groups is 1. The van der Waals surface area contributed by atoms with Gasteiger partial charge in [-0.25, -0.2) is 0 Å². The van der Waals surface area contributed by atoms with Crippen LogP contribution in [0.1, 0.15) is 38.5 Å². The molecule has 0 radical (unpaired) electrons. The Bertz CT molecular complexity index is 1300. The largest absolute Gasteiger partial charge is 0.394 e. The zero-order valence-corrected chi connectivity index (χ0v) is 31.9. The van der Waals surface area contributed by atoms with Crippen LogP contribution in [0.15, 0.2) is 4.99 Å². The second-order valence-corrected chi connectivity index (χ2v) is 16.1. The molecule has 3 heterocycles. The van der Waals surface area contributed by atoms with E-state index < -0.39 is 129 Å². The van der Waals surface area contributed by atoms with Crippen molar-refractivity contribution in [2.75, 3.05) is 32.8 Å². The molecule has 2 saturated carbocycles. The minimum Gasteiger partial charge on any atom is -0.394 e. The second kappa shape index (κ2) is 20.6. The molecule has 0 aromatic heterocycles. The summed E-state index contributed by atoms with van der Waals surface area (Å²) in [6.45, 7) is 0.0843. The van der Waals surface area contributed by atoms with Gasteiger partial charge in [-0.3, -0.25) is 9.79 Å². The van der Waals surface area contributed by atoms with Gasteiger partial charge in [0.1, 0.15) is 54.9 Å². The van der Waals surface area contributed by atoms with E-state index >= 15 is 0 Å². The highest BCUT2D eigenvalue weighted by Crippen LogP contribution is 2.37. The highest BCUT2D eigenvalue weighted by atomic mass is 16.8. The monoisotopic (exact) mass is 823 g/mol. The van der Waals surface area contributed by atoms with E-state index in [-0.39, 0.29) is 57.3 Å². The van der Waals surface area contributed by atoms with Crippen LogP contribution in [0.5, 0.6) is 0 Å². The fourth-order valence-electron chi connectivity index (χ4n) is 8.21. The first-order valence-corrected chi connectivity index (χ1v) is 19.7. The molecule has 0 unspecified atom stereocenters. The molecule has 0 aromatic carbocycles. The third-order valence-corrected chi connectivity index (χ3v) is 11.6. The van der Waals surface area contributed by atoms with Crippen LogP contribution in [0, 0.1) is 11.8 Å². The van der Waals surface area contributed by atoms with E-state index in [0.29, 0.717) is 12.5 Å². The van der Waals surface area contributed by atoms with Gasteiger partial charge in [-0.05, 0) is 44.1 Å². The molecule has 5 rings (SSSR count). The van der Waals surface area contributed by atoms with Crippen molar-refractivity contribution in [3.8, 4) is 0 Å². The molecular weight excluding hydrogens is 758 g/mol. The van der Waals surface area contributed by atoms with Gasteiger partial charge >= 0.3 is 0 Å². The summed E-state index contributed by atoms with van der Waals surface area (Å²) in [5, 5.41) is 79.0. The molecule has 19 atom stereocenters. The fraction of sp³-hybridized carbons (Fsp3) is 0.941. The topological polar surface area (TPSA) is 421 Å². The molecule has 3 aliphatic heterocycles. The number of carbonyl (C=O) groups is 1. The number of ether oxygens (including phenoxy) is 6. The first kappa shape index (κ1) is 46.2. The number of nitrogens with zero attached hydrogens (tertiary/aromatic N) is 1. The van der Waals surface area contributed by atoms with Crippen molar-refractivity contribution in [1.82, 2.24) is 5.32 Å². The Balaban J connectivity index is 1.32. The molecule has 5 aliphatic rings. The molecule has 0 bridgehead atoms. The van der Waals surface area contributed by atoms with Gasteiger partial charge in [-0.2, -0.15) is 0 Å². The third kappa shape index (κ3) is 11.3. The van der Waals surface area contributed by atoms with E-state index in [1.54, 1.807) is 0 Å². The van der Waals surface area contributed by atoms with E-state index in [9.17, 15) is 40.5 Å². The van der Waals surface area contributed by atoms with E-state index in [0.717, 1.165) is 12.8 Å². The smallest absolute Gasteiger partial charge is 0.187 e. The lowest BCUT2D eigenvalue weighted by Crippen LogP contribution is -2.64. The van der Waals surface area contributed by atoms with Crippen LogP contribution in [0.4, 0.5) is 0 Å². The van der Waals surface area contributed by atoms with Crippen molar-refractivity contribution >= 4 is 11.7 Å². The SMILES string of the molecule is NC[C@@H]1O[C@H](O[C@H]2[C@@H](O)[C@H](O[C@@H]3[C@@H](O)[C@H](CC(=O)[C@@H](O)CCN=C(N)N)C[C@H](N)[C@H]3O[C@H]3O[C@H](CNCC4CC(N)C4)[C@@H](O)C[C@H]3N)O[C@@H]2CO)[C@H](N)[C@@H](O)[C@@H]1O. The molecule has 0 spiro atoms. The molecule has 22 N–H and O–H groups in total. The molecule has 3 saturated heterocycles. The number of nitrogens with two attached hydrogens (primary N) is 7. The number of rotatable bonds is 18. The van der Waals surface area contributed by atoms with E-state index in [2.05, 4.69) is 10.3 Å². The zero-order valence-electron chi connectivity index (χ0n) is 31.9. The van der Waals surface area contributed by atoms with Crippen molar-refractivity contribution in [3.63, 3.8) is 0 Å². The van der Waals surface area contributed by atoms with Gasteiger partial charge in [0.05, 0.1) is 37.0 Å². The Morgan fingerprint density at radius 1 is 0.754 bits per heavy atom. The van der Waals surface area contributed by atoms with E-state index in [4.69, 9.17) is 68.6 Å². The van der Waals surface area contributed by atoms with Crippen molar-refractivity contribution < 1.29 is 69.0 Å². The Labute approximate surface area is 330 Å². The number of aliphatic hydroxyl groups excluding tert-OH is 7. The molecule has 0 aromatic rings.